The molecule has 0 N–H and O–H groups in total. The molecule has 0 bridgehead atoms. The van der Waals surface area contributed by atoms with Gasteiger partial charge in [-0.1, -0.05) is 18.2 Å². The monoisotopic (exact) mass is 310 g/mol. The lowest BCUT2D eigenvalue weighted by Gasteiger charge is -2.21. The van der Waals surface area contributed by atoms with E-state index in [1.807, 2.05) is 54.7 Å². The van der Waals surface area contributed by atoms with Crippen LogP contribution in [0.25, 0.3) is 0 Å². The number of benzene rings is 1. The summed E-state index contributed by atoms with van der Waals surface area (Å²) in [6.07, 6.45) is 3.85. The van der Waals surface area contributed by atoms with E-state index in [1.165, 1.54) is 0 Å². The Bertz CT molecular complexity index is 682. The third-order valence-electron chi connectivity index (χ3n) is 5.16. The maximum absolute atomic E-state index is 12.6. The van der Waals surface area contributed by atoms with Gasteiger partial charge in [0.2, 0.25) is 0 Å². The van der Waals surface area contributed by atoms with E-state index < -0.39 is 0 Å². The minimum absolute atomic E-state index is 0.177. The van der Waals surface area contributed by atoms with E-state index in [0.29, 0.717) is 11.8 Å². The molecule has 2 aliphatic rings. The number of aryl methyl sites for hydroxylation is 1. The molecule has 0 aliphatic carbocycles. The lowest BCUT2D eigenvalue weighted by Crippen LogP contribution is -2.33. The minimum atomic E-state index is 0.177. The first kappa shape index (κ1) is 14.5. The van der Waals surface area contributed by atoms with Crippen LogP contribution in [-0.4, -0.2) is 51.4 Å². The highest BCUT2D eigenvalue weighted by Gasteiger charge is 2.41. The van der Waals surface area contributed by atoms with Crippen molar-refractivity contribution >= 4 is 5.91 Å². The third-order valence-corrected chi connectivity index (χ3v) is 5.16. The first-order valence-corrected chi connectivity index (χ1v) is 8.23. The highest BCUT2D eigenvalue weighted by atomic mass is 16.2. The van der Waals surface area contributed by atoms with Crippen molar-refractivity contribution < 1.29 is 4.79 Å². The van der Waals surface area contributed by atoms with Crippen LogP contribution in [0.3, 0.4) is 0 Å². The van der Waals surface area contributed by atoms with Crippen LogP contribution < -0.4 is 0 Å². The van der Waals surface area contributed by atoms with Crippen LogP contribution in [0.2, 0.25) is 0 Å². The Hall–Kier alpha value is -2.14. The summed E-state index contributed by atoms with van der Waals surface area (Å²) < 4.78 is 2.08. The van der Waals surface area contributed by atoms with Crippen molar-refractivity contribution in [2.75, 3.05) is 26.2 Å². The SMILES string of the molecule is Cn1ccnc1CN1C[C@H]2CN(C(=O)c3ccccc3)C[C@@H]2C1. The van der Waals surface area contributed by atoms with Crippen LogP contribution in [0.15, 0.2) is 42.7 Å². The summed E-state index contributed by atoms with van der Waals surface area (Å²) in [5.74, 6) is 2.49. The topological polar surface area (TPSA) is 41.4 Å². The van der Waals surface area contributed by atoms with Crippen molar-refractivity contribution in [2.24, 2.45) is 18.9 Å². The number of rotatable bonds is 3. The van der Waals surface area contributed by atoms with Gasteiger partial charge in [-0.05, 0) is 24.0 Å². The summed E-state index contributed by atoms with van der Waals surface area (Å²) >= 11 is 0. The van der Waals surface area contributed by atoms with Crippen molar-refractivity contribution in [2.45, 2.75) is 6.54 Å². The van der Waals surface area contributed by atoms with Crippen LogP contribution >= 0.6 is 0 Å². The number of hydrogen-bond donors (Lipinski definition) is 0. The number of carbonyl (C=O) groups excluding carboxylic acids is 1. The zero-order valence-corrected chi connectivity index (χ0v) is 13.4. The molecule has 2 aliphatic heterocycles. The number of aromatic nitrogens is 2. The van der Waals surface area contributed by atoms with Gasteiger partial charge in [-0.3, -0.25) is 9.69 Å². The molecule has 120 valence electrons. The molecule has 3 heterocycles. The number of nitrogens with zero attached hydrogens (tertiary/aromatic N) is 4. The van der Waals surface area contributed by atoms with Gasteiger partial charge < -0.3 is 9.47 Å². The highest BCUT2D eigenvalue weighted by molar-refractivity contribution is 5.94. The minimum Gasteiger partial charge on any atom is -0.338 e. The summed E-state index contributed by atoms with van der Waals surface area (Å²) in [7, 11) is 2.04. The Kier molecular flexibility index (Phi) is 3.65. The molecule has 5 heteroatoms. The molecule has 0 saturated carbocycles. The van der Waals surface area contributed by atoms with Crippen LogP contribution in [0.4, 0.5) is 0 Å². The van der Waals surface area contributed by atoms with E-state index >= 15 is 0 Å². The lowest BCUT2D eigenvalue weighted by atomic mass is 10.0. The van der Waals surface area contributed by atoms with Gasteiger partial charge in [-0.15, -0.1) is 0 Å². The van der Waals surface area contributed by atoms with Gasteiger partial charge in [0.1, 0.15) is 5.82 Å². The number of amides is 1. The molecule has 1 aromatic carbocycles. The Labute approximate surface area is 136 Å². The summed E-state index contributed by atoms with van der Waals surface area (Å²) in [4.78, 5) is 21.5. The van der Waals surface area contributed by atoms with E-state index in [4.69, 9.17) is 0 Å². The summed E-state index contributed by atoms with van der Waals surface area (Å²) in [5.41, 5.74) is 0.803. The fourth-order valence-electron chi connectivity index (χ4n) is 3.90. The Morgan fingerprint density at radius 1 is 1.13 bits per heavy atom. The first-order chi connectivity index (χ1) is 11.2. The molecule has 1 aromatic heterocycles. The summed E-state index contributed by atoms with van der Waals surface area (Å²) in [6, 6.07) is 9.62. The average Bonchev–Trinajstić information content (AvgIpc) is 3.23. The van der Waals surface area contributed by atoms with E-state index in [9.17, 15) is 4.79 Å². The zero-order valence-electron chi connectivity index (χ0n) is 13.4. The van der Waals surface area contributed by atoms with Gasteiger partial charge in [0, 0.05) is 51.2 Å². The molecule has 2 aromatic rings. The van der Waals surface area contributed by atoms with Crippen LogP contribution in [0.5, 0.6) is 0 Å². The molecule has 5 nitrogen and oxygen atoms in total. The molecule has 4 rings (SSSR count). The molecule has 0 spiro atoms. The van der Waals surface area contributed by atoms with E-state index in [0.717, 1.165) is 44.1 Å². The second-order valence-corrected chi connectivity index (χ2v) is 6.74. The van der Waals surface area contributed by atoms with Gasteiger partial charge in [-0.25, -0.2) is 4.98 Å². The maximum Gasteiger partial charge on any atom is 0.253 e. The molecule has 1 amide bonds. The van der Waals surface area contributed by atoms with Crippen LogP contribution in [-0.2, 0) is 13.6 Å². The summed E-state index contributed by atoms with van der Waals surface area (Å²) in [6.45, 7) is 4.81. The Morgan fingerprint density at radius 3 is 2.43 bits per heavy atom. The quantitative estimate of drug-likeness (QED) is 0.865. The second kappa shape index (κ2) is 5.81. The smallest absolute Gasteiger partial charge is 0.253 e. The molecule has 23 heavy (non-hydrogen) atoms. The Balaban J connectivity index is 1.37. The molecule has 2 fully saturated rings. The number of carbonyl (C=O) groups is 1. The Morgan fingerprint density at radius 2 is 1.83 bits per heavy atom. The van der Waals surface area contributed by atoms with Gasteiger partial charge >= 0.3 is 0 Å². The zero-order chi connectivity index (χ0) is 15.8. The number of imidazole rings is 1. The molecule has 0 radical (unpaired) electrons. The van der Waals surface area contributed by atoms with Crippen molar-refractivity contribution in [3.8, 4) is 0 Å². The van der Waals surface area contributed by atoms with E-state index in [-0.39, 0.29) is 5.91 Å². The van der Waals surface area contributed by atoms with Gasteiger partial charge in [0.05, 0.1) is 6.54 Å². The normalized spacial score (nSPS) is 24.1. The predicted octanol–water partition coefficient (Wildman–Crippen LogP) is 1.62. The number of fused-ring (bicyclic) bond motifs is 1. The molecular weight excluding hydrogens is 288 g/mol. The molecule has 2 atom stereocenters. The molecule has 2 saturated heterocycles. The number of hydrogen-bond acceptors (Lipinski definition) is 3. The van der Waals surface area contributed by atoms with Crippen LogP contribution in [0, 0.1) is 11.8 Å². The predicted molar refractivity (Wildman–Crippen MR) is 87.8 cm³/mol. The largest absolute Gasteiger partial charge is 0.338 e. The van der Waals surface area contributed by atoms with Gasteiger partial charge in [0.15, 0.2) is 0 Å². The first-order valence-electron chi connectivity index (χ1n) is 8.23. The maximum atomic E-state index is 12.6. The fourth-order valence-corrected chi connectivity index (χ4v) is 3.90. The van der Waals surface area contributed by atoms with Crippen molar-refractivity contribution in [3.63, 3.8) is 0 Å². The summed E-state index contributed by atoms with van der Waals surface area (Å²) in [5, 5.41) is 0. The van der Waals surface area contributed by atoms with Crippen LogP contribution in [0.1, 0.15) is 16.2 Å². The lowest BCUT2D eigenvalue weighted by molar-refractivity contribution is 0.0773. The van der Waals surface area contributed by atoms with Gasteiger partial charge in [-0.2, -0.15) is 0 Å². The third kappa shape index (κ3) is 2.77. The molecular formula is C18H22N4O. The van der Waals surface area contributed by atoms with E-state index in [1.54, 1.807) is 0 Å². The van der Waals surface area contributed by atoms with Crippen molar-refractivity contribution in [3.05, 3.63) is 54.1 Å². The van der Waals surface area contributed by atoms with Gasteiger partial charge in [0.25, 0.3) is 5.91 Å². The van der Waals surface area contributed by atoms with Crippen molar-refractivity contribution in [1.29, 1.82) is 0 Å². The standard InChI is InChI=1S/C18H22N4O/c1-20-8-7-19-17(20)13-21-9-15-11-22(12-16(15)10-21)18(23)14-5-3-2-4-6-14/h2-8,15-16H,9-13H2,1H3/t15-,16-/m0/s1. The average molecular weight is 310 g/mol. The van der Waals surface area contributed by atoms with Crippen molar-refractivity contribution in [1.82, 2.24) is 19.4 Å². The highest BCUT2D eigenvalue weighted by Crippen LogP contribution is 2.32. The molecule has 0 unspecified atom stereocenters. The number of likely N-dealkylation sites (tertiary alicyclic amines) is 2. The fraction of sp³-hybridized carbons (Fsp3) is 0.444. The second-order valence-electron chi connectivity index (χ2n) is 6.74. The van der Waals surface area contributed by atoms with E-state index in [2.05, 4.69) is 14.5 Å².